The fraction of sp³-hybridized carbons (Fsp3) is 0.533. The van der Waals surface area contributed by atoms with Crippen LogP contribution in [-0.2, 0) is 4.74 Å². The molecule has 2 rings (SSSR count). The molecule has 0 saturated carbocycles. The molecule has 104 valence electrons. The zero-order valence-electron chi connectivity index (χ0n) is 11.9. The Labute approximate surface area is 114 Å². The van der Waals surface area contributed by atoms with Crippen LogP contribution >= 0.6 is 0 Å². The third kappa shape index (κ3) is 3.55. The summed E-state index contributed by atoms with van der Waals surface area (Å²) in [5.74, 6) is 0.0617. The van der Waals surface area contributed by atoms with E-state index in [2.05, 4.69) is 5.32 Å². The van der Waals surface area contributed by atoms with Crippen LogP contribution in [0.15, 0.2) is 18.2 Å². The Morgan fingerprint density at radius 2 is 2.26 bits per heavy atom. The Morgan fingerprint density at radius 1 is 1.47 bits per heavy atom. The lowest BCUT2D eigenvalue weighted by molar-refractivity contribution is 0.0103. The monoisotopic (exact) mass is 262 g/mol. The molecule has 1 aliphatic heterocycles. The summed E-state index contributed by atoms with van der Waals surface area (Å²) < 4.78 is 5.63. The van der Waals surface area contributed by atoms with Crippen molar-refractivity contribution in [2.24, 2.45) is 0 Å². The van der Waals surface area contributed by atoms with Gasteiger partial charge in [-0.05, 0) is 25.5 Å². The predicted octanol–water partition coefficient (Wildman–Crippen LogP) is 1.36. The first kappa shape index (κ1) is 14.0. The quantitative estimate of drug-likeness (QED) is 0.894. The zero-order valence-corrected chi connectivity index (χ0v) is 11.9. The van der Waals surface area contributed by atoms with Crippen molar-refractivity contribution in [3.8, 4) is 0 Å². The van der Waals surface area contributed by atoms with Crippen LogP contribution in [0.2, 0.25) is 0 Å². The van der Waals surface area contributed by atoms with Crippen molar-refractivity contribution < 1.29 is 9.53 Å². The smallest absolute Gasteiger partial charge is 0.253 e. The minimum absolute atomic E-state index is 0.0617. The molecule has 1 N–H and O–H groups in total. The number of carbonyl (C=O) groups is 1. The minimum Gasteiger partial charge on any atom is -0.374 e. The molecule has 4 nitrogen and oxygen atoms in total. The molecule has 1 fully saturated rings. The molecule has 4 heteroatoms. The highest BCUT2D eigenvalue weighted by Crippen LogP contribution is 2.13. The van der Waals surface area contributed by atoms with Crippen molar-refractivity contribution in [3.05, 3.63) is 34.9 Å². The lowest BCUT2D eigenvalue weighted by Gasteiger charge is -2.28. The molecular formula is C15H22N2O2. The molecule has 0 radical (unpaired) electrons. The lowest BCUT2D eigenvalue weighted by Crippen LogP contribution is -2.45. The van der Waals surface area contributed by atoms with E-state index >= 15 is 0 Å². The number of carbonyl (C=O) groups excluding carboxylic acids is 1. The number of aryl methyl sites for hydroxylation is 2. The highest BCUT2D eigenvalue weighted by Gasteiger charge is 2.20. The fourth-order valence-corrected chi connectivity index (χ4v) is 2.38. The maximum absolute atomic E-state index is 12.4. The van der Waals surface area contributed by atoms with Crippen molar-refractivity contribution >= 4 is 5.91 Å². The highest BCUT2D eigenvalue weighted by molar-refractivity contribution is 5.95. The lowest BCUT2D eigenvalue weighted by atomic mass is 10.0. The van der Waals surface area contributed by atoms with Crippen LogP contribution in [0.25, 0.3) is 0 Å². The van der Waals surface area contributed by atoms with Gasteiger partial charge in [0.2, 0.25) is 0 Å². The van der Waals surface area contributed by atoms with Crippen LogP contribution in [-0.4, -0.2) is 50.2 Å². The van der Waals surface area contributed by atoms with E-state index in [1.54, 1.807) is 4.90 Å². The van der Waals surface area contributed by atoms with Gasteiger partial charge >= 0.3 is 0 Å². The molecule has 0 bridgehead atoms. The van der Waals surface area contributed by atoms with Gasteiger partial charge in [-0.15, -0.1) is 0 Å². The van der Waals surface area contributed by atoms with Crippen molar-refractivity contribution in [3.63, 3.8) is 0 Å². The number of morpholine rings is 1. The molecule has 19 heavy (non-hydrogen) atoms. The summed E-state index contributed by atoms with van der Waals surface area (Å²) in [5.41, 5.74) is 2.98. The summed E-state index contributed by atoms with van der Waals surface area (Å²) in [6.07, 6.45) is 0.0912. The zero-order chi connectivity index (χ0) is 13.8. The van der Waals surface area contributed by atoms with Crippen molar-refractivity contribution in [1.82, 2.24) is 10.2 Å². The normalized spacial score (nSPS) is 19.2. The van der Waals surface area contributed by atoms with E-state index in [0.717, 1.165) is 30.8 Å². The Morgan fingerprint density at radius 3 is 2.89 bits per heavy atom. The number of hydrogen-bond acceptors (Lipinski definition) is 3. The molecule has 0 aromatic heterocycles. The topological polar surface area (TPSA) is 41.6 Å². The van der Waals surface area contributed by atoms with E-state index in [-0.39, 0.29) is 12.0 Å². The Hall–Kier alpha value is -1.39. The number of likely N-dealkylation sites (N-methyl/N-ethyl adjacent to an activating group) is 1. The maximum Gasteiger partial charge on any atom is 0.253 e. The summed E-state index contributed by atoms with van der Waals surface area (Å²) in [6.45, 7) is 7.06. The van der Waals surface area contributed by atoms with E-state index in [1.807, 2.05) is 39.1 Å². The van der Waals surface area contributed by atoms with Crippen LogP contribution < -0.4 is 5.32 Å². The average molecular weight is 262 g/mol. The second-order valence-corrected chi connectivity index (χ2v) is 5.20. The summed E-state index contributed by atoms with van der Waals surface area (Å²) in [7, 11) is 1.83. The Balaban J connectivity index is 2.01. The standard InChI is InChI=1S/C15H22N2O2/c1-11-4-5-14(12(2)8-11)15(18)17(3)10-13-9-16-6-7-19-13/h4-5,8,13,16H,6-7,9-10H2,1-3H3. The number of ether oxygens (including phenoxy) is 1. The summed E-state index contributed by atoms with van der Waals surface area (Å²) in [5, 5.41) is 3.27. The first-order valence-electron chi connectivity index (χ1n) is 6.73. The van der Waals surface area contributed by atoms with E-state index < -0.39 is 0 Å². The number of nitrogens with one attached hydrogen (secondary N) is 1. The number of benzene rings is 1. The number of amides is 1. The largest absolute Gasteiger partial charge is 0.374 e. The second-order valence-electron chi connectivity index (χ2n) is 5.20. The Kier molecular flexibility index (Phi) is 4.56. The third-order valence-electron chi connectivity index (χ3n) is 3.44. The summed E-state index contributed by atoms with van der Waals surface area (Å²) in [6, 6.07) is 5.93. The highest BCUT2D eigenvalue weighted by atomic mass is 16.5. The van der Waals surface area contributed by atoms with Gasteiger partial charge in [-0.1, -0.05) is 17.7 Å². The van der Waals surface area contributed by atoms with Crippen molar-refractivity contribution in [1.29, 1.82) is 0 Å². The summed E-state index contributed by atoms with van der Waals surface area (Å²) in [4.78, 5) is 14.1. The molecular weight excluding hydrogens is 240 g/mol. The van der Waals surface area contributed by atoms with Gasteiger partial charge in [-0.3, -0.25) is 4.79 Å². The molecule has 1 aromatic carbocycles. The third-order valence-corrected chi connectivity index (χ3v) is 3.44. The molecule has 0 aliphatic carbocycles. The first-order chi connectivity index (χ1) is 9.08. The van der Waals surface area contributed by atoms with Gasteiger partial charge in [0, 0.05) is 32.2 Å². The molecule has 1 saturated heterocycles. The minimum atomic E-state index is 0.0617. The molecule has 0 spiro atoms. The van der Waals surface area contributed by atoms with E-state index in [9.17, 15) is 4.79 Å². The van der Waals surface area contributed by atoms with Crippen molar-refractivity contribution in [2.75, 3.05) is 33.3 Å². The van der Waals surface area contributed by atoms with Gasteiger partial charge < -0.3 is 15.0 Å². The van der Waals surface area contributed by atoms with E-state index in [1.165, 1.54) is 5.56 Å². The molecule has 1 unspecified atom stereocenters. The number of nitrogens with zero attached hydrogens (tertiary/aromatic N) is 1. The fourth-order valence-electron chi connectivity index (χ4n) is 2.38. The van der Waals surface area contributed by atoms with Crippen LogP contribution in [0.5, 0.6) is 0 Å². The van der Waals surface area contributed by atoms with Gasteiger partial charge in [0.05, 0.1) is 12.7 Å². The van der Waals surface area contributed by atoms with Crippen molar-refractivity contribution in [2.45, 2.75) is 20.0 Å². The van der Waals surface area contributed by atoms with Crippen LogP contribution in [0.4, 0.5) is 0 Å². The first-order valence-corrected chi connectivity index (χ1v) is 6.73. The molecule has 1 atom stereocenters. The number of rotatable bonds is 3. The maximum atomic E-state index is 12.4. The van der Waals surface area contributed by atoms with E-state index in [0.29, 0.717) is 6.54 Å². The van der Waals surface area contributed by atoms with Gasteiger partial charge in [0.1, 0.15) is 0 Å². The van der Waals surface area contributed by atoms with Crippen LogP contribution in [0.3, 0.4) is 0 Å². The number of hydrogen-bond donors (Lipinski definition) is 1. The second kappa shape index (κ2) is 6.17. The van der Waals surface area contributed by atoms with Crippen LogP contribution in [0.1, 0.15) is 21.5 Å². The molecule has 1 aromatic rings. The van der Waals surface area contributed by atoms with Gasteiger partial charge in [-0.25, -0.2) is 0 Å². The Bertz CT molecular complexity index is 453. The molecule has 1 aliphatic rings. The predicted molar refractivity (Wildman–Crippen MR) is 75.5 cm³/mol. The molecule has 1 amide bonds. The SMILES string of the molecule is Cc1ccc(C(=O)N(C)CC2CNCCO2)c(C)c1. The molecule has 1 heterocycles. The van der Waals surface area contributed by atoms with Gasteiger partial charge in [0.25, 0.3) is 5.91 Å². The van der Waals surface area contributed by atoms with Gasteiger partial charge in [-0.2, -0.15) is 0 Å². The summed E-state index contributed by atoms with van der Waals surface area (Å²) >= 11 is 0. The van der Waals surface area contributed by atoms with Gasteiger partial charge in [0.15, 0.2) is 0 Å². The van der Waals surface area contributed by atoms with E-state index in [4.69, 9.17) is 4.74 Å². The average Bonchev–Trinajstić information content (AvgIpc) is 2.39. The van der Waals surface area contributed by atoms with Crippen LogP contribution in [0, 0.1) is 13.8 Å².